The van der Waals surface area contributed by atoms with Crippen molar-refractivity contribution in [2.45, 2.75) is 19.4 Å². The van der Waals surface area contributed by atoms with Gasteiger partial charge in [0.1, 0.15) is 5.75 Å². The second-order valence-electron chi connectivity index (χ2n) is 5.51. The molecule has 1 aromatic carbocycles. The van der Waals surface area contributed by atoms with E-state index in [2.05, 4.69) is 22.3 Å². The van der Waals surface area contributed by atoms with Crippen molar-refractivity contribution in [3.05, 3.63) is 29.8 Å². The van der Waals surface area contributed by atoms with Crippen LogP contribution in [0.3, 0.4) is 0 Å². The third-order valence-corrected chi connectivity index (χ3v) is 3.86. The fourth-order valence-corrected chi connectivity index (χ4v) is 2.78. The highest BCUT2D eigenvalue weighted by molar-refractivity contribution is 5.85. The zero-order valence-electron chi connectivity index (χ0n) is 13.1. The summed E-state index contributed by atoms with van der Waals surface area (Å²) < 4.78 is 5.25. The summed E-state index contributed by atoms with van der Waals surface area (Å²) in [6, 6.07) is 8.10. The van der Waals surface area contributed by atoms with Crippen LogP contribution in [0.5, 0.6) is 5.75 Å². The first-order chi connectivity index (χ1) is 10.2. The molecule has 124 valence electrons. The Balaban J connectivity index is 0.00000242. The molecule has 1 aromatic rings. The number of methoxy groups -OCH3 is 1. The summed E-state index contributed by atoms with van der Waals surface area (Å²) in [6.45, 7) is 3.76. The van der Waals surface area contributed by atoms with Crippen LogP contribution >= 0.6 is 12.4 Å². The second-order valence-corrected chi connectivity index (χ2v) is 5.51. The van der Waals surface area contributed by atoms with Crippen LogP contribution in [-0.4, -0.2) is 44.1 Å². The molecule has 1 unspecified atom stereocenters. The van der Waals surface area contributed by atoms with E-state index in [0.29, 0.717) is 13.1 Å². The first-order valence-electron chi connectivity index (χ1n) is 7.56. The molecular weight excluding hydrogens is 302 g/mol. The minimum absolute atomic E-state index is 0. The molecule has 1 aliphatic rings. The highest BCUT2D eigenvalue weighted by atomic mass is 35.5. The van der Waals surface area contributed by atoms with Gasteiger partial charge in [-0.15, -0.1) is 12.4 Å². The molecule has 0 bridgehead atoms. The number of likely N-dealkylation sites (tertiary alicyclic amines) is 1. The largest absolute Gasteiger partial charge is 0.497 e. The van der Waals surface area contributed by atoms with Crippen molar-refractivity contribution in [3.63, 3.8) is 0 Å². The van der Waals surface area contributed by atoms with E-state index in [0.717, 1.165) is 38.2 Å². The summed E-state index contributed by atoms with van der Waals surface area (Å²) in [5.74, 6) is 1.09. The molecule has 0 aromatic heterocycles. The topological polar surface area (TPSA) is 67.6 Å². The minimum Gasteiger partial charge on any atom is -0.497 e. The molecule has 1 amide bonds. The van der Waals surface area contributed by atoms with Crippen LogP contribution in [0.2, 0.25) is 0 Å². The lowest BCUT2D eigenvalue weighted by atomic mass is 9.96. The molecule has 5 nitrogen and oxygen atoms in total. The van der Waals surface area contributed by atoms with Gasteiger partial charge in [0.2, 0.25) is 5.91 Å². The standard InChI is InChI=1S/C16H25N3O2.ClH/c1-21-15-6-2-4-13(10-15)11-19-9-3-5-14(12-19)16(20)18-8-7-17;/h2,4,6,10,14H,3,5,7-9,11-12,17H2,1H3,(H,18,20);1H. The second kappa shape index (κ2) is 9.66. The molecule has 1 heterocycles. The maximum Gasteiger partial charge on any atom is 0.224 e. The zero-order valence-corrected chi connectivity index (χ0v) is 13.9. The van der Waals surface area contributed by atoms with Crippen molar-refractivity contribution in [2.24, 2.45) is 11.7 Å². The highest BCUT2D eigenvalue weighted by Gasteiger charge is 2.25. The lowest BCUT2D eigenvalue weighted by molar-refractivity contribution is -0.126. The SMILES string of the molecule is COc1cccc(CN2CCCC(C(=O)NCCN)C2)c1.Cl. The average Bonchev–Trinajstić information content (AvgIpc) is 2.53. The zero-order chi connectivity index (χ0) is 15.1. The number of hydrogen-bond donors (Lipinski definition) is 2. The number of halogens is 1. The van der Waals surface area contributed by atoms with Crippen molar-refractivity contribution in [1.82, 2.24) is 10.2 Å². The number of benzene rings is 1. The van der Waals surface area contributed by atoms with Crippen LogP contribution < -0.4 is 15.8 Å². The number of rotatable bonds is 6. The van der Waals surface area contributed by atoms with Crippen LogP contribution in [-0.2, 0) is 11.3 Å². The Morgan fingerprint density at radius 1 is 1.50 bits per heavy atom. The monoisotopic (exact) mass is 327 g/mol. The van der Waals surface area contributed by atoms with Gasteiger partial charge in [0, 0.05) is 26.2 Å². The van der Waals surface area contributed by atoms with Crippen molar-refractivity contribution in [2.75, 3.05) is 33.3 Å². The van der Waals surface area contributed by atoms with Crippen LogP contribution in [0.4, 0.5) is 0 Å². The number of amides is 1. The first kappa shape index (κ1) is 18.7. The number of carbonyl (C=O) groups is 1. The molecule has 0 aliphatic carbocycles. The molecule has 1 atom stereocenters. The van der Waals surface area contributed by atoms with E-state index in [1.165, 1.54) is 5.56 Å². The molecule has 1 fully saturated rings. The van der Waals surface area contributed by atoms with Gasteiger partial charge >= 0.3 is 0 Å². The van der Waals surface area contributed by atoms with Gasteiger partial charge in [-0.05, 0) is 37.1 Å². The quantitative estimate of drug-likeness (QED) is 0.829. The summed E-state index contributed by atoms with van der Waals surface area (Å²) in [5, 5.41) is 2.89. The summed E-state index contributed by atoms with van der Waals surface area (Å²) in [6.07, 6.45) is 2.02. The van der Waals surface area contributed by atoms with E-state index in [-0.39, 0.29) is 24.2 Å². The van der Waals surface area contributed by atoms with Gasteiger partial charge in [-0.2, -0.15) is 0 Å². The molecule has 2 rings (SSSR count). The van der Waals surface area contributed by atoms with Crippen LogP contribution in [0.15, 0.2) is 24.3 Å². The Labute approximate surface area is 138 Å². The van der Waals surface area contributed by atoms with Crippen LogP contribution in [0.1, 0.15) is 18.4 Å². The molecule has 0 saturated carbocycles. The minimum atomic E-state index is 0. The number of nitrogens with zero attached hydrogens (tertiary/aromatic N) is 1. The third kappa shape index (κ3) is 5.48. The van der Waals surface area contributed by atoms with E-state index in [1.807, 2.05) is 12.1 Å². The number of ether oxygens (including phenoxy) is 1. The Kier molecular flexibility index (Phi) is 8.24. The smallest absolute Gasteiger partial charge is 0.224 e. The van der Waals surface area contributed by atoms with E-state index >= 15 is 0 Å². The molecule has 1 aliphatic heterocycles. The van der Waals surface area contributed by atoms with Crippen LogP contribution in [0, 0.1) is 5.92 Å². The van der Waals surface area contributed by atoms with Crippen molar-refractivity contribution < 1.29 is 9.53 Å². The lowest BCUT2D eigenvalue weighted by Crippen LogP contribution is -2.43. The Hall–Kier alpha value is -1.30. The Bertz CT molecular complexity index is 470. The van der Waals surface area contributed by atoms with Gasteiger partial charge in [-0.3, -0.25) is 9.69 Å². The van der Waals surface area contributed by atoms with Gasteiger partial charge in [-0.1, -0.05) is 12.1 Å². The van der Waals surface area contributed by atoms with E-state index < -0.39 is 0 Å². The van der Waals surface area contributed by atoms with Gasteiger partial charge < -0.3 is 15.8 Å². The molecule has 1 saturated heterocycles. The van der Waals surface area contributed by atoms with Crippen molar-refractivity contribution >= 4 is 18.3 Å². The predicted octanol–water partition coefficient (Wildman–Crippen LogP) is 1.40. The summed E-state index contributed by atoms with van der Waals surface area (Å²) >= 11 is 0. The van der Waals surface area contributed by atoms with Crippen LogP contribution in [0.25, 0.3) is 0 Å². The van der Waals surface area contributed by atoms with Crippen molar-refractivity contribution in [3.8, 4) is 5.75 Å². The number of nitrogens with one attached hydrogen (secondary N) is 1. The van der Waals surface area contributed by atoms with Gasteiger partial charge in [0.15, 0.2) is 0 Å². The highest BCUT2D eigenvalue weighted by Crippen LogP contribution is 2.20. The van der Waals surface area contributed by atoms with Gasteiger partial charge in [0.25, 0.3) is 0 Å². The molecule has 0 spiro atoms. The van der Waals surface area contributed by atoms with Gasteiger partial charge in [0.05, 0.1) is 13.0 Å². The summed E-state index contributed by atoms with van der Waals surface area (Å²) in [4.78, 5) is 14.4. The fraction of sp³-hybridized carbons (Fsp3) is 0.562. The Morgan fingerprint density at radius 3 is 3.05 bits per heavy atom. The fourth-order valence-electron chi connectivity index (χ4n) is 2.78. The van der Waals surface area contributed by atoms with E-state index in [1.54, 1.807) is 7.11 Å². The van der Waals surface area contributed by atoms with E-state index in [9.17, 15) is 4.79 Å². The number of carbonyl (C=O) groups excluding carboxylic acids is 1. The maximum absolute atomic E-state index is 12.0. The molecule has 0 radical (unpaired) electrons. The molecule has 6 heteroatoms. The molecular formula is C16H26ClN3O2. The summed E-state index contributed by atoms with van der Waals surface area (Å²) in [7, 11) is 1.68. The normalized spacial score (nSPS) is 18.4. The molecule has 22 heavy (non-hydrogen) atoms. The number of piperidine rings is 1. The van der Waals surface area contributed by atoms with Crippen molar-refractivity contribution in [1.29, 1.82) is 0 Å². The number of hydrogen-bond acceptors (Lipinski definition) is 4. The third-order valence-electron chi connectivity index (χ3n) is 3.86. The van der Waals surface area contributed by atoms with E-state index in [4.69, 9.17) is 10.5 Å². The molecule has 3 N–H and O–H groups in total. The Morgan fingerprint density at radius 2 is 2.32 bits per heavy atom. The predicted molar refractivity (Wildman–Crippen MR) is 90.3 cm³/mol. The first-order valence-corrected chi connectivity index (χ1v) is 7.56. The summed E-state index contributed by atoms with van der Waals surface area (Å²) in [5.41, 5.74) is 6.65. The van der Waals surface area contributed by atoms with Gasteiger partial charge in [-0.25, -0.2) is 0 Å². The lowest BCUT2D eigenvalue weighted by Gasteiger charge is -2.32. The number of nitrogens with two attached hydrogens (primary N) is 1. The average molecular weight is 328 g/mol. The maximum atomic E-state index is 12.0.